The van der Waals surface area contributed by atoms with E-state index < -0.39 is 0 Å². The van der Waals surface area contributed by atoms with Crippen molar-refractivity contribution in [2.24, 2.45) is 5.92 Å². The van der Waals surface area contributed by atoms with Crippen LogP contribution in [0.25, 0.3) is 0 Å². The molecule has 104 valence electrons. The molecule has 2 aliphatic heterocycles. The van der Waals surface area contributed by atoms with E-state index >= 15 is 0 Å². The fourth-order valence-electron chi connectivity index (χ4n) is 3.11. The smallest absolute Gasteiger partial charge is 0.248 e. The van der Waals surface area contributed by atoms with Crippen molar-refractivity contribution in [3.63, 3.8) is 0 Å². The van der Waals surface area contributed by atoms with Gasteiger partial charge in [-0.15, -0.1) is 0 Å². The maximum Gasteiger partial charge on any atom is 0.248 e. The van der Waals surface area contributed by atoms with E-state index in [1.807, 2.05) is 6.07 Å². The lowest BCUT2D eigenvalue weighted by atomic mass is 9.91. The topological polar surface area (TPSA) is 54.7 Å². The second kappa shape index (κ2) is 5.35. The van der Waals surface area contributed by atoms with Crippen molar-refractivity contribution in [2.45, 2.75) is 31.6 Å². The Labute approximate surface area is 112 Å². The molecule has 0 radical (unpaired) electrons. The van der Waals surface area contributed by atoms with Gasteiger partial charge in [-0.05, 0) is 31.4 Å². The lowest BCUT2D eigenvalue weighted by Gasteiger charge is -2.33. The summed E-state index contributed by atoms with van der Waals surface area (Å²) in [4.78, 5) is 14.0. The molecule has 0 aromatic carbocycles. The van der Waals surface area contributed by atoms with Crippen LogP contribution in [-0.4, -0.2) is 43.2 Å². The van der Waals surface area contributed by atoms with Crippen LogP contribution in [0.15, 0.2) is 23.0 Å². The monoisotopic (exact) mass is 264 g/mol. The average Bonchev–Trinajstić information content (AvgIpc) is 3.06. The van der Waals surface area contributed by atoms with E-state index in [2.05, 4.69) is 10.2 Å². The number of nitrogens with zero attached hydrogens (tertiary/aromatic N) is 1. The standard InChI is InChI=1S/C14H20N2O3/c1-15-14(17)12-6-11-2-4-16(8-13(11)19-12)7-10-3-5-18-9-10/h3,5,9,11-13H,2,4,6-8H2,1H3,(H,15,17)/t11-,12+,13+/m0/s1. The van der Waals surface area contributed by atoms with Gasteiger partial charge in [0, 0.05) is 25.7 Å². The van der Waals surface area contributed by atoms with Crippen LogP contribution in [0.4, 0.5) is 0 Å². The number of fused-ring (bicyclic) bond motifs is 1. The van der Waals surface area contributed by atoms with Crippen LogP contribution in [0, 0.1) is 5.92 Å². The Kier molecular flexibility index (Phi) is 3.57. The highest BCUT2D eigenvalue weighted by Gasteiger charge is 2.41. The Bertz CT molecular complexity index is 432. The number of hydrogen-bond donors (Lipinski definition) is 1. The molecule has 2 fully saturated rings. The third kappa shape index (κ3) is 2.67. The number of nitrogens with one attached hydrogen (secondary N) is 1. The van der Waals surface area contributed by atoms with Crippen molar-refractivity contribution in [3.8, 4) is 0 Å². The maximum atomic E-state index is 11.6. The van der Waals surface area contributed by atoms with Gasteiger partial charge in [-0.3, -0.25) is 9.69 Å². The van der Waals surface area contributed by atoms with E-state index in [9.17, 15) is 4.79 Å². The van der Waals surface area contributed by atoms with Crippen molar-refractivity contribution in [1.82, 2.24) is 10.2 Å². The summed E-state index contributed by atoms with van der Waals surface area (Å²) >= 11 is 0. The predicted octanol–water partition coefficient (Wildman–Crippen LogP) is 1.00. The van der Waals surface area contributed by atoms with Crippen molar-refractivity contribution >= 4 is 5.91 Å². The number of carbonyl (C=O) groups excluding carboxylic acids is 1. The summed E-state index contributed by atoms with van der Waals surface area (Å²) in [5, 5.41) is 2.67. The van der Waals surface area contributed by atoms with Gasteiger partial charge in [-0.2, -0.15) is 0 Å². The molecule has 0 aliphatic carbocycles. The van der Waals surface area contributed by atoms with Crippen molar-refractivity contribution in [1.29, 1.82) is 0 Å². The van der Waals surface area contributed by atoms with Gasteiger partial charge < -0.3 is 14.5 Å². The van der Waals surface area contributed by atoms with E-state index in [1.165, 1.54) is 5.56 Å². The molecule has 1 amide bonds. The SMILES string of the molecule is CNC(=O)[C@H]1C[C@@H]2CCN(Cc3ccoc3)C[C@H]2O1. The largest absolute Gasteiger partial charge is 0.472 e. The lowest BCUT2D eigenvalue weighted by molar-refractivity contribution is -0.132. The molecule has 1 aromatic heterocycles. The zero-order valence-electron chi connectivity index (χ0n) is 11.2. The summed E-state index contributed by atoms with van der Waals surface area (Å²) in [5.41, 5.74) is 1.19. The van der Waals surface area contributed by atoms with E-state index in [0.29, 0.717) is 5.92 Å². The highest BCUT2D eigenvalue weighted by molar-refractivity contribution is 5.80. The molecule has 3 rings (SSSR count). The molecule has 2 aliphatic rings. The summed E-state index contributed by atoms with van der Waals surface area (Å²) in [7, 11) is 1.67. The normalized spacial score (nSPS) is 31.1. The second-order valence-corrected chi connectivity index (χ2v) is 5.43. The van der Waals surface area contributed by atoms with Gasteiger partial charge in [-0.25, -0.2) is 0 Å². The molecule has 2 saturated heterocycles. The molecular weight excluding hydrogens is 244 g/mol. The van der Waals surface area contributed by atoms with Crippen LogP contribution in [0.3, 0.4) is 0 Å². The first-order chi connectivity index (χ1) is 9.26. The minimum atomic E-state index is -0.256. The zero-order chi connectivity index (χ0) is 13.2. The number of likely N-dealkylation sites (N-methyl/N-ethyl adjacent to an activating group) is 1. The molecule has 0 saturated carbocycles. The molecule has 5 heteroatoms. The summed E-state index contributed by atoms with van der Waals surface area (Å²) in [6.45, 7) is 2.87. The number of piperidine rings is 1. The van der Waals surface area contributed by atoms with Gasteiger partial charge in [0.1, 0.15) is 6.10 Å². The van der Waals surface area contributed by atoms with E-state index in [0.717, 1.165) is 32.5 Å². The molecule has 0 bridgehead atoms. The van der Waals surface area contributed by atoms with Gasteiger partial charge >= 0.3 is 0 Å². The summed E-state index contributed by atoms with van der Waals surface area (Å²) in [6, 6.07) is 1.99. The number of rotatable bonds is 3. The molecule has 3 atom stereocenters. The first-order valence-corrected chi connectivity index (χ1v) is 6.86. The fraction of sp³-hybridized carbons (Fsp3) is 0.643. The first-order valence-electron chi connectivity index (χ1n) is 6.86. The molecule has 3 heterocycles. The number of furan rings is 1. The number of amides is 1. The Balaban J connectivity index is 1.57. The molecule has 5 nitrogen and oxygen atoms in total. The van der Waals surface area contributed by atoms with Gasteiger partial charge in [0.05, 0.1) is 18.6 Å². The van der Waals surface area contributed by atoms with Crippen LogP contribution in [-0.2, 0) is 16.1 Å². The van der Waals surface area contributed by atoms with Crippen LogP contribution in [0.2, 0.25) is 0 Å². The van der Waals surface area contributed by atoms with E-state index in [-0.39, 0.29) is 18.1 Å². The third-order valence-corrected chi connectivity index (χ3v) is 4.16. The van der Waals surface area contributed by atoms with Crippen LogP contribution >= 0.6 is 0 Å². The predicted molar refractivity (Wildman–Crippen MR) is 69.4 cm³/mol. The summed E-state index contributed by atoms with van der Waals surface area (Å²) in [6.07, 6.45) is 5.40. The molecule has 0 spiro atoms. The van der Waals surface area contributed by atoms with E-state index in [4.69, 9.17) is 9.15 Å². The van der Waals surface area contributed by atoms with Crippen LogP contribution < -0.4 is 5.32 Å². The van der Waals surface area contributed by atoms with Crippen LogP contribution in [0.5, 0.6) is 0 Å². The van der Waals surface area contributed by atoms with Gasteiger partial charge in [0.25, 0.3) is 0 Å². The Hall–Kier alpha value is -1.33. The van der Waals surface area contributed by atoms with Gasteiger partial charge in [-0.1, -0.05) is 0 Å². The van der Waals surface area contributed by atoms with Gasteiger partial charge in [0.15, 0.2) is 0 Å². The minimum absolute atomic E-state index is 0.00999. The van der Waals surface area contributed by atoms with Crippen molar-refractivity contribution in [3.05, 3.63) is 24.2 Å². The Morgan fingerprint density at radius 1 is 1.58 bits per heavy atom. The quantitative estimate of drug-likeness (QED) is 0.885. The second-order valence-electron chi connectivity index (χ2n) is 5.43. The molecule has 0 unspecified atom stereocenters. The van der Waals surface area contributed by atoms with Crippen molar-refractivity contribution in [2.75, 3.05) is 20.1 Å². The number of likely N-dealkylation sites (tertiary alicyclic amines) is 1. The molecular formula is C14H20N2O3. The number of ether oxygens (including phenoxy) is 1. The minimum Gasteiger partial charge on any atom is -0.472 e. The Morgan fingerprint density at radius 2 is 2.47 bits per heavy atom. The highest BCUT2D eigenvalue weighted by Crippen LogP contribution is 2.33. The number of carbonyl (C=O) groups is 1. The first kappa shape index (κ1) is 12.7. The molecule has 1 N–H and O–H groups in total. The van der Waals surface area contributed by atoms with Crippen molar-refractivity contribution < 1.29 is 13.9 Å². The van der Waals surface area contributed by atoms with Crippen LogP contribution in [0.1, 0.15) is 18.4 Å². The average molecular weight is 264 g/mol. The molecule has 19 heavy (non-hydrogen) atoms. The van der Waals surface area contributed by atoms with Gasteiger partial charge in [0.2, 0.25) is 5.91 Å². The van der Waals surface area contributed by atoms with E-state index in [1.54, 1.807) is 19.6 Å². The molecule has 1 aromatic rings. The number of hydrogen-bond acceptors (Lipinski definition) is 4. The third-order valence-electron chi connectivity index (χ3n) is 4.16. The summed E-state index contributed by atoms with van der Waals surface area (Å²) in [5.74, 6) is 0.540. The highest BCUT2D eigenvalue weighted by atomic mass is 16.5. The lowest BCUT2D eigenvalue weighted by Crippen LogP contribution is -2.42. The fourth-order valence-corrected chi connectivity index (χ4v) is 3.11. The summed E-state index contributed by atoms with van der Waals surface area (Å²) < 4.78 is 11.0. The zero-order valence-corrected chi connectivity index (χ0v) is 11.2. The Morgan fingerprint density at radius 3 is 3.21 bits per heavy atom. The maximum absolute atomic E-state index is 11.6.